The number of esters is 1. The highest BCUT2D eigenvalue weighted by Crippen LogP contribution is 2.60. The smallest absolute Gasteiger partial charge is 0.431 e. The second-order valence-electron chi connectivity index (χ2n) is 7.46. The number of rotatable bonds is 6. The zero-order valence-corrected chi connectivity index (χ0v) is 19.2. The molecule has 3 rings (SSSR count). The van der Waals surface area contributed by atoms with Crippen molar-refractivity contribution in [1.82, 2.24) is 4.98 Å². The SMILES string of the molecule is CC1(C)C(C=C(Br)Br)C1C(=O)OC(c1cccc(Oc2ccccc2)n1)C(F)(F)F. The molecule has 1 aliphatic carbocycles. The summed E-state index contributed by atoms with van der Waals surface area (Å²) in [4.78, 5) is 16.5. The van der Waals surface area contributed by atoms with Crippen LogP contribution in [0.1, 0.15) is 25.6 Å². The zero-order valence-electron chi connectivity index (χ0n) is 16.0. The van der Waals surface area contributed by atoms with Gasteiger partial charge in [-0.15, -0.1) is 0 Å². The summed E-state index contributed by atoms with van der Waals surface area (Å²) in [5.74, 6) is -1.44. The van der Waals surface area contributed by atoms with Gasteiger partial charge in [0.1, 0.15) is 5.75 Å². The Bertz CT molecular complexity index is 944. The number of aromatic nitrogens is 1. The van der Waals surface area contributed by atoms with E-state index in [0.717, 1.165) is 6.07 Å². The van der Waals surface area contributed by atoms with Gasteiger partial charge in [-0.1, -0.05) is 44.2 Å². The summed E-state index contributed by atoms with van der Waals surface area (Å²) in [7, 11) is 0. The van der Waals surface area contributed by atoms with Gasteiger partial charge in [0.25, 0.3) is 0 Å². The van der Waals surface area contributed by atoms with E-state index in [4.69, 9.17) is 9.47 Å². The van der Waals surface area contributed by atoms with E-state index in [2.05, 4.69) is 36.8 Å². The molecule has 0 amide bonds. The third-order valence-corrected chi connectivity index (χ3v) is 5.51. The molecule has 0 aliphatic heterocycles. The van der Waals surface area contributed by atoms with Crippen molar-refractivity contribution in [3.63, 3.8) is 0 Å². The van der Waals surface area contributed by atoms with Crippen LogP contribution < -0.4 is 4.74 Å². The van der Waals surface area contributed by atoms with Gasteiger partial charge >= 0.3 is 12.1 Å². The Kier molecular flexibility index (Phi) is 6.62. The lowest BCUT2D eigenvalue weighted by molar-refractivity contribution is -0.226. The fourth-order valence-corrected chi connectivity index (χ4v) is 3.87. The van der Waals surface area contributed by atoms with Crippen molar-refractivity contribution >= 4 is 37.8 Å². The summed E-state index contributed by atoms with van der Waals surface area (Å²) in [5, 5.41) is 0. The second-order valence-corrected chi connectivity index (χ2v) is 10.2. The van der Waals surface area contributed by atoms with E-state index in [-0.39, 0.29) is 11.8 Å². The van der Waals surface area contributed by atoms with E-state index in [1.165, 1.54) is 12.1 Å². The van der Waals surface area contributed by atoms with Crippen LogP contribution in [0.5, 0.6) is 11.6 Å². The number of carbonyl (C=O) groups is 1. The van der Waals surface area contributed by atoms with Crippen molar-refractivity contribution < 1.29 is 27.4 Å². The first-order chi connectivity index (χ1) is 14.0. The fourth-order valence-electron chi connectivity index (χ4n) is 3.30. The Balaban J connectivity index is 1.81. The van der Waals surface area contributed by atoms with Gasteiger partial charge in [0.15, 0.2) is 0 Å². The van der Waals surface area contributed by atoms with Crippen LogP contribution in [0.3, 0.4) is 0 Å². The average molecular weight is 549 g/mol. The highest BCUT2D eigenvalue weighted by molar-refractivity contribution is 9.28. The number of carbonyl (C=O) groups excluding carboxylic acids is 1. The lowest BCUT2D eigenvalue weighted by Gasteiger charge is -2.21. The number of halogens is 5. The van der Waals surface area contributed by atoms with Gasteiger partial charge in [-0.25, -0.2) is 4.98 Å². The molecule has 3 unspecified atom stereocenters. The van der Waals surface area contributed by atoms with E-state index in [9.17, 15) is 18.0 Å². The molecule has 0 spiro atoms. The lowest BCUT2D eigenvalue weighted by Crippen LogP contribution is -2.28. The monoisotopic (exact) mass is 547 g/mol. The van der Waals surface area contributed by atoms with Crippen molar-refractivity contribution in [2.24, 2.45) is 17.3 Å². The predicted octanol–water partition coefficient (Wildman–Crippen LogP) is 6.92. The summed E-state index contributed by atoms with van der Waals surface area (Å²) < 4.78 is 52.2. The molecule has 1 aromatic carbocycles. The third kappa shape index (κ3) is 5.24. The number of alkyl halides is 3. The summed E-state index contributed by atoms with van der Waals surface area (Å²) in [6, 6.07) is 12.5. The summed E-state index contributed by atoms with van der Waals surface area (Å²) in [6.07, 6.45) is -5.58. The van der Waals surface area contributed by atoms with Crippen LogP contribution in [0.15, 0.2) is 58.0 Å². The molecule has 1 saturated carbocycles. The lowest BCUT2D eigenvalue weighted by atomic mass is 10.1. The summed E-state index contributed by atoms with van der Waals surface area (Å²) >= 11 is 6.44. The topological polar surface area (TPSA) is 48.4 Å². The molecular formula is C21H18Br2F3NO3. The third-order valence-electron chi connectivity index (χ3n) is 4.98. The minimum absolute atomic E-state index is 0.0280. The number of hydrogen-bond acceptors (Lipinski definition) is 4. The molecule has 160 valence electrons. The maximum Gasteiger partial charge on any atom is 0.431 e. The van der Waals surface area contributed by atoms with Gasteiger partial charge in [0.2, 0.25) is 12.0 Å². The maximum absolute atomic E-state index is 13.7. The van der Waals surface area contributed by atoms with Gasteiger partial charge in [0, 0.05) is 6.07 Å². The highest BCUT2D eigenvalue weighted by Gasteiger charge is 2.62. The number of hydrogen-bond donors (Lipinski definition) is 0. The van der Waals surface area contributed by atoms with E-state index < -0.39 is 35.3 Å². The minimum Gasteiger partial charge on any atom is -0.446 e. The Morgan fingerprint density at radius 3 is 2.40 bits per heavy atom. The first-order valence-corrected chi connectivity index (χ1v) is 10.6. The van der Waals surface area contributed by atoms with Crippen LogP contribution in [0.4, 0.5) is 13.2 Å². The average Bonchev–Trinajstić information content (AvgIpc) is 3.19. The largest absolute Gasteiger partial charge is 0.446 e. The van der Waals surface area contributed by atoms with Crippen molar-refractivity contribution in [1.29, 1.82) is 0 Å². The van der Waals surface area contributed by atoms with Crippen molar-refractivity contribution in [3.8, 4) is 11.6 Å². The fraction of sp³-hybridized carbons (Fsp3) is 0.333. The Morgan fingerprint density at radius 1 is 1.13 bits per heavy atom. The summed E-state index contributed by atoms with van der Waals surface area (Å²) in [5.41, 5.74) is -0.956. The van der Waals surface area contributed by atoms with E-state index in [0.29, 0.717) is 9.14 Å². The summed E-state index contributed by atoms with van der Waals surface area (Å²) in [6.45, 7) is 3.61. The zero-order chi connectivity index (χ0) is 22.1. The molecule has 4 nitrogen and oxygen atoms in total. The van der Waals surface area contributed by atoms with Gasteiger partial charge in [-0.3, -0.25) is 4.79 Å². The van der Waals surface area contributed by atoms with E-state index in [1.807, 2.05) is 0 Å². The second kappa shape index (κ2) is 8.70. The molecule has 0 radical (unpaired) electrons. The molecule has 1 fully saturated rings. The molecule has 9 heteroatoms. The van der Waals surface area contributed by atoms with Crippen molar-refractivity contribution in [3.05, 3.63) is 63.7 Å². The molecule has 2 aromatic rings. The van der Waals surface area contributed by atoms with Crippen molar-refractivity contribution in [2.45, 2.75) is 26.1 Å². The molecule has 0 saturated heterocycles. The first-order valence-electron chi connectivity index (χ1n) is 9.00. The normalized spacial score (nSPS) is 20.8. The Hall–Kier alpha value is -1.87. The molecule has 1 heterocycles. The Morgan fingerprint density at radius 2 is 1.80 bits per heavy atom. The molecule has 1 aromatic heterocycles. The van der Waals surface area contributed by atoms with Gasteiger partial charge < -0.3 is 9.47 Å². The van der Waals surface area contributed by atoms with Gasteiger partial charge in [0.05, 0.1) is 15.0 Å². The van der Waals surface area contributed by atoms with Gasteiger partial charge in [-0.2, -0.15) is 13.2 Å². The number of allylic oxidation sites excluding steroid dienone is 1. The van der Waals surface area contributed by atoms with Gasteiger partial charge in [-0.05, 0) is 61.4 Å². The predicted molar refractivity (Wildman–Crippen MR) is 112 cm³/mol. The van der Waals surface area contributed by atoms with E-state index >= 15 is 0 Å². The quantitative estimate of drug-likeness (QED) is 0.367. The van der Waals surface area contributed by atoms with Crippen molar-refractivity contribution in [2.75, 3.05) is 0 Å². The molecule has 3 atom stereocenters. The van der Waals surface area contributed by atoms with E-state index in [1.54, 1.807) is 50.3 Å². The van der Waals surface area contributed by atoms with Crippen LogP contribution in [0, 0.1) is 17.3 Å². The molecular weight excluding hydrogens is 531 g/mol. The van der Waals surface area contributed by atoms with Crippen LogP contribution in [0.25, 0.3) is 0 Å². The van der Waals surface area contributed by atoms with Crippen LogP contribution in [-0.4, -0.2) is 17.1 Å². The number of nitrogens with zero attached hydrogens (tertiary/aromatic N) is 1. The minimum atomic E-state index is -4.82. The van der Waals surface area contributed by atoms with Crippen LogP contribution in [0.2, 0.25) is 0 Å². The number of benzene rings is 1. The van der Waals surface area contributed by atoms with Crippen LogP contribution >= 0.6 is 31.9 Å². The van der Waals surface area contributed by atoms with Crippen LogP contribution in [-0.2, 0) is 9.53 Å². The maximum atomic E-state index is 13.7. The molecule has 0 bridgehead atoms. The molecule has 30 heavy (non-hydrogen) atoms. The molecule has 0 N–H and O–H groups in total. The molecule has 1 aliphatic rings. The first kappa shape index (κ1) is 22.8. The number of para-hydroxylation sites is 1. The number of ether oxygens (including phenoxy) is 2. The number of pyridine rings is 1. The standard InChI is InChI=1S/C21H18Br2F3NO3/c1-20(2)13(11-15(22)23)17(20)19(28)30-18(21(24,25)26)14-9-6-10-16(27-14)29-12-7-4-3-5-8-12/h3-11,13,17-18H,1-2H3. The highest BCUT2D eigenvalue weighted by atomic mass is 79.9. The Labute approximate surface area is 188 Å².